The summed E-state index contributed by atoms with van der Waals surface area (Å²) >= 11 is 0. The molecule has 0 fully saturated rings. The summed E-state index contributed by atoms with van der Waals surface area (Å²) in [5.74, 6) is -0.425. The van der Waals surface area contributed by atoms with Crippen LogP contribution < -0.4 is 9.47 Å². The van der Waals surface area contributed by atoms with Crippen molar-refractivity contribution in [2.45, 2.75) is 13.8 Å². The Bertz CT molecular complexity index is 1920. The molecule has 0 saturated carbocycles. The molecule has 0 radical (unpaired) electrons. The zero-order valence-electron chi connectivity index (χ0n) is 24.0. The van der Waals surface area contributed by atoms with E-state index in [1.165, 1.54) is 13.8 Å². The first-order valence-corrected chi connectivity index (χ1v) is 13.9. The maximum Gasteiger partial charge on any atom is 0.308 e. The molecule has 0 spiro atoms. The molecule has 0 unspecified atom stereocenters. The fourth-order valence-electron chi connectivity index (χ4n) is 4.94. The number of nitrogens with zero attached hydrogens (tertiary/aromatic N) is 4. The smallest absolute Gasteiger partial charge is 0.308 e. The Morgan fingerprint density at radius 1 is 0.455 bits per heavy atom. The van der Waals surface area contributed by atoms with Crippen LogP contribution in [0.4, 0.5) is 22.7 Å². The van der Waals surface area contributed by atoms with E-state index in [1.807, 2.05) is 109 Å². The molecule has 8 nitrogen and oxygen atoms in total. The Morgan fingerprint density at radius 3 is 1.16 bits per heavy atom. The van der Waals surface area contributed by atoms with Crippen LogP contribution in [-0.4, -0.2) is 11.9 Å². The van der Waals surface area contributed by atoms with Crippen molar-refractivity contribution in [3.8, 4) is 22.6 Å². The molecule has 8 heteroatoms. The normalized spacial score (nSPS) is 11.4. The Hall–Kier alpha value is -6.02. The standard InChI is InChI=1S/C36H26N4O4/c1-23(41)43-35-29-19-11-9-17-27(29)33(39-37-25-13-5-3-6-14-25)21-31(35)32-22-34(40-38-26-15-7-4-8-16-26)28-18-10-12-20-30(28)36(32)44-24(2)42/h3-22H,1-2H3. The maximum atomic E-state index is 12.5. The Kier molecular flexibility index (Phi) is 7.96. The lowest BCUT2D eigenvalue weighted by Crippen LogP contribution is -2.06. The van der Waals surface area contributed by atoms with Crippen LogP contribution in [0, 0.1) is 0 Å². The van der Waals surface area contributed by atoms with Crippen LogP contribution in [0.25, 0.3) is 32.7 Å². The summed E-state index contributed by atoms with van der Waals surface area (Å²) in [6, 6.07) is 37.2. The van der Waals surface area contributed by atoms with Crippen LogP contribution in [-0.2, 0) is 9.59 Å². The van der Waals surface area contributed by atoms with Crippen LogP contribution >= 0.6 is 0 Å². The van der Waals surface area contributed by atoms with Crippen molar-refractivity contribution in [3.63, 3.8) is 0 Å². The minimum absolute atomic E-state index is 0.293. The van der Waals surface area contributed by atoms with Gasteiger partial charge >= 0.3 is 11.9 Å². The van der Waals surface area contributed by atoms with E-state index in [9.17, 15) is 9.59 Å². The first-order chi connectivity index (χ1) is 21.5. The maximum absolute atomic E-state index is 12.5. The molecule has 0 bridgehead atoms. The highest BCUT2D eigenvalue weighted by Gasteiger charge is 2.23. The van der Waals surface area contributed by atoms with Crippen LogP contribution in [0.1, 0.15) is 13.8 Å². The molecule has 0 aliphatic heterocycles. The predicted molar refractivity (Wildman–Crippen MR) is 171 cm³/mol. The second-order valence-corrected chi connectivity index (χ2v) is 9.89. The molecular weight excluding hydrogens is 552 g/mol. The highest BCUT2D eigenvalue weighted by atomic mass is 16.5. The molecule has 214 valence electrons. The second-order valence-electron chi connectivity index (χ2n) is 9.89. The molecule has 0 aliphatic rings. The van der Waals surface area contributed by atoms with E-state index >= 15 is 0 Å². The highest BCUT2D eigenvalue weighted by Crippen LogP contribution is 2.49. The van der Waals surface area contributed by atoms with Crippen molar-refractivity contribution in [1.82, 2.24) is 0 Å². The molecule has 44 heavy (non-hydrogen) atoms. The van der Waals surface area contributed by atoms with Crippen molar-refractivity contribution < 1.29 is 19.1 Å². The number of esters is 2. The first kappa shape index (κ1) is 28.1. The molecule has 0 aromatic heterocycles. The van der Waals surface area contributed by atoms with Gasteiger partial charge in [-0.15, -0.1) is 10.2 Å². The fraction of sp³-hybridized carbons (Fsp3) is 0.0556. The summed E-state index contributed by atoms with van der Waals surface area (Å²) in [7, 11) is 0. The lowest BCUT2D eigenvalue weighted by molar-refractivity contribution is -0.132. The zero-order valence-corrected chi connectivity index (χ0v) is 24.0. The molecular formula is C36H26N4O4. The number of ether oxygens (including phenoxy) is 2. The largest absolute Gasteiger partial charge is 0.425 e. The van der Waals surface area contributed by atoms with Gasteiger partial charge in [-0.3, -0.25) is 9.59 Å². The summed E-state index contributed by atoms with van der Waals surface area (Å²) in [4.78, 5) is 24.9. The third kappa shape index (κ3) is 5.96. The summed E-state index contributed by atoms with van der Waals surface area (Å²) in [5.41, 5.74) is 3.36. The molecule has 0 amide bonds. The number of rotatable bonds is 7. The average molecular weight is 579 g/mol. The minimum atomic E-state index is -0.506. The summed E-state index contributed by atoms with van der Waals surface area (Å²) < 4.78 is 11.7. The zero-order chi connectivity index (χ0) is 30.5. The minimum Gasteiger partial charge on any atom is -0.425 e. The molecule has 0 atom stereocenters. The number of azo groups is 2. The molecule has 0 N–H and O–H groups in total. The van der Waals surface area contributed by atoms with Crippen LogP contribution in [0.15, 0.2) is 142 Å². The number of carbonyl (C=O) groups is 2. The van der Waals surface area contributed by atoms with Gasteiger partial charge in [0, 0.05) is 46.5 Å². The Morgan fingerprint density at radius 2 is 0.795 bits per heavy atom. The molecule has 6 rings (SSSR count). The Labute approximate surface area is 253 Å². The van der Waals surface area contributed by atoms with E-state index < -0.39 is 11.9 Å². The summed E-state index contributed by atoms with van der Waals surface area (Å²) in [6.45, 7) is 2.68. The van der Waals surface area contributed by atoms with E-state index in [1.54, 1.807) is 12.1 Å². The van der Waals surface area contributed by atoms with Gasteiger partial charge in [0.05, 0.1) is 22.7 Å². The van der Waals surface area contributed by atoms with Crippen molar-refractivity contribution in [3.05, 3.63) is 121 Å². The number of benzene rings is 6. The van der Waals surface area contributed by atoms with Gasteiger partial charge in [0.2, 0.25) is 0 Å². The van der Waals surface area contributed by atoms with E-state index in [-0.39, 0.29) is 0 Å². The highest BCUT2D eigenvalue weighted by molar-refractivity contribution is 6.08. The van der Waals surface area contributed by atoms with Gasteiger partial charge in [0.1, 0.15) is 11.5 Å². The molecule has 0 heterocycles. The number of hydrogen-bond donors (Lipinski definition) is 0. The van der Waals surface area contributed by atoms with Crippen molar-refractivity contribution >= 4 is 56.2 Å². The van der Waals surface area contributed by atoms with Crippen molar-refractivity contribution in [1.29, 1.82) is 0 Å². The third-order valence-electron chi connectivity index (χ3n) is 6.79. The second kappa shape index (κ2) is 12.5. The van der Waals surface area contributed by atoms with Gasteiger partial charge in [-0.2, -0.15) is 10.2 Å². The summed E-state index contributed by atoms with van der Waals surface area (Å²) in [5, 5.41) is 20.8. The van der Waals surface area contributed by atoms with E-state index in [2.05, 4.69) is 20.5 Å². The van der Waals surface area contributed by atoms with Gasteiger partial charge in [-0.1, -0.05) is 84.9 Å². The number of carbonyl (C=O) groups excluding carboxylic acids is 2. The van der Waals surface area contributed by atoms with E-state index in [4.69, 9.17) is 9.47 Å². The number of hydrogen-bond acceptors (Lipinski definition) is 8. The summed E-state index contributed by atoms with van der Waals surface area (Å²) in [6.07, 6.45) is 0. The lowest BCUT2D eigenvalue weighted by atomic mass is 9.94. The fourth-order valence-corrected chi connectivity index (χ4v) is 4.94. The van der Waals surface area contributed by atoms with Crippen LogP contribution in [0.5, 0.6) is 11.5 Å². The SMILES string of the molecule is CC(=O)Oc1c(-c2cc(N=Nc3ccccc3)c3ccccc3c2OC(C)=O)cc(N=Nc2ccccc2)c2ccccc12. The molecule has 0 aliphatic carbocycles. The average Bonchev–Trinajstić information content (AvgIpc) is 3.04. The van der Waals surface area contributed by atoms with Crippen molar-refractivity contribution in [2.24, 2.45) is 20.5 Å². The first-order valence-electron chi connectivity index (χ1n) is 13.9. The Balaban J connectivity index is 1.67. The molecule has 6 aromatic rings. The van der Waals surface area contributed by atoms with Crippen LogP contribution in [0.2, 0.25) is 0 Å². The van der Waals surface area contributed by atoms with Gasteiger partial charge in [0.25, 0.3) is 0 Å². The van der Waals surface area contributed by atoms with Gasteiger partial charge in [0.15, 0.2) is 0 Å². The number of fused-ring (bicyclic) bond motifs is 2. The van der Waals surface area contributed by atoms with E-state index in [0.717, 1.165) is 10.8 Å². The van der Waals surface area contributed by atoms with Gasteiger partial charge in [-0.25, -0.2) is 0 Å². The topological polar surface area (TPSA) is 102 Å². The third-order valence-corrected chi connectivity index (χ3v) is 6.79. The van der Waals surface area contributed by atoms with Gasteiger partial charge < -0.3 is 9.47 Å². The van der Waals surface area contributed by atoms with Crippen molar-refractivity contribution in [2.75, 3.05) is 0 Å². The quantitative estimate of drug-likeness (QED) is 0.107. The monoisotopic (exact) mass is 578 g/mol. The van der Waals surface area contributed by atoms with E-state index in [0.29, 0.717) is 56.1 Å². The van der Waals surface area contributed by atoms with Crippen LogP contribution in [0.3, 0.4) is 0 Å². The van der Waals surface area contributed by atoms with Gasteiger partial charge in [-0.05, 0) is 36.4 Å². The lowest BCUT2D eigenvalue weighted by Gasteiger charge is -2.18. The predicted octanol–water partition coefficient (Wildman–Crippen LogP) is 10.3. The molecule has 6 aromatic carbocycles. The molecule has 0 saturated heterocycles.